The monoisotopic (exact) mass is 431 g/mol. The van der Waals surface area contributed by atoms with E-state index in [0.29, 0.717) is 24.5 Å². The summed E-state index contributed by atoms with van der Waals surface area (Å²) in [4.78, 5) is 13.0. The molecule has 0 radical (unpaired) electrons. The highest BCUT2D eigenvalue weighted by molar-refractivity contribution is 5.85. The Labute approximate surface area is 189 Å². The van der Waals surface area contributed by atoms with Gasteiger partial charge in [-0.25, -0.2) is 0 Å². The first kappa shape index (κ1) is 26.2. The number of carbonyl (C=O) groups is 1. The van der Waals surface area contributed by atoms with Crippen molar-refractivity contribution < 1.29 is 9.53 Å². The molecular weight excluding hydrogens is 394 g/mol. The van der Waals surface area contributed by atoms with Crippen molar-refractivity contribution in [2.75, 3.05) is 6.61 Å². The van der Waals surface area contributed by atoms with Crippen LogP contribution in [0.4, 0.5) is 0 Å². The second-order valence-corrected chi connectivity index (χ2v) is 8.91. The zero-order valence-electron chi connectivity index (χ0n) is 19.0. The van der Waals surface area contributed by atoms with Crippen molar-refractivity contribution >= 4 is 18.4 Å². The number of esters is 1. The minimum absolute atomic E-state index is 0. The third kappa shape index (κ3) is 8.89. The average Bonchev–Trinajstić information content (AvgIpc) is 2.67. The van der Waals surface area contributed by atoms with Crippen molar-refractivity contribution in [1.82, 2.24) is 5.32 Å². The molecular formula is C26H38ClNO2. The van der Waals surface area contributed by atoms with Gasteiger partial charge in [0.1, 0.15) is 12.5 Å². The van der Waals surface area contributed by atoms with Gasteiger partial charge in [-0.3, -0.25) is 4.79 Å². The van der Waals surface area contributed by atoms with Gasteiger partial charge in [0.15, 0.2) is 0 Å². The molecule has 0 aliphatic heterocycles. The Balaban J connectivity index is 0.00000450. The van der Waals surface area contributed by atoms with E-state index in [-0.39, 0.29) is 24.4 Å². The van der Waals surface area contributed by atoms with Crippen LogP contribution in [0.1, 0.15) is 64.5 Å². The Morgan fingerprint density at radius 3 is 1.63 bits per heavy atom. The van der Waals surface area contributed by atoms with Crippen LogP contribution in [0.25, 0.3) is 0 Å². The van der Waals surface area contributed by atoms with Crippen LogP contribution in [0.3, 0.4) is 0 Å². The van der Waals surface area contributed by atoms with Crippen LogP contribution in [0.15, 0.2) is 60.7 Å². The lowest BCUT2D eigenvalue weighted by Crippen LogP contribution is -2.41. The normalized spacial score (nSPS) is 12.3. The number of carbonyl (C=O) groups excluding carboxylic acids is 1. The average molecular weight is 432 g/mol. The molecule has 1 N–H and O–H groups in total. The van der Waals surface area contributed by atoms with E-state index in [2.05, 4.69) is 39.9 Å². The quantitative estimate of drug-likeness (QED) is 0.429. The lowest BCUT2D eigenvalue weighted by Gasteiger charge is -2.26. The smallest absolute Gasteiger partial charge is 0.317 e. The summed E-state index contributed by atoms with van der Waals surface area (Å²) in [6, 6.07) is 20.3. The molecule has 0 fully saturated rings. The van der Waals surface area contributed by atoms with Gasteiger partial charge in [-0.1, -0.05) is 88.4 Å². The molecule has 0 amide bonds. The predicted molar refractivity (Wildman–Crippen MR) is 128 cm³/mol. The number of benzene rings is 2. The van der Waals surface area contributed by atoms with Gasteiger partial charge in [0, 0.05) is 12.1 Å². The molecule has 0 aliphatic rings. The summed E-state index contributed by atoms with van der Waals surface area (Å²) in [6.07, 6.45) is 2.26. The fourth-order valence-electron chi connectivity index (χ4n) is 3.87. The highest BCUT2D eigenvalue weighted by Crippen LogP contribution is 2.26. The molecule has 0 heterocycles. The van der Waals surface area contributed by atoms with Crippen LogP contribution < -0.4 is 5.32 Å². The van der Waals surface area contributed by atoms with E-state index in [1.54, 1.807) is 0 Å². The molecule has 0 bridgehead atoms. The van der Waals surface area contributed by atoms with Gasteiger partial charge in [-0.15, -0.1) is 12.4 Å². The van der Waals surface area contributed by atoms with E-state index in [1.807, 2.05) is 60.7 Å². The predicted octanol–water partition coefficient (Wildman–Crippen LogP) is 6.22. The van der Waals surface area contributed by atoms with Crippen molar-refractivity contribution in [3.63, 3.8) is 0 Å². The number of rotatable bonds is 11. The van der Waals surface area contributed by atoms with Gasteiger partial charge < -0.3 is 10.1 Å². The van der Waals surface area contributed by atoms with Crippen molar-refractivity contribution in [3.05, 3.63) is 71.8 Å². The topological polar surface area (TPSA) is 38.3 Å². The van der Waals surface area contributed by atoms with E-state index >= 15 is 0 Å². The summed E-state index contributed by atoms with van der Waals surface area (Å²) in [7, 11) is 0. The first-order valence-electron chi connectivity index (χ1n) is 10.9. The van der Waals surface area contributed by atoms with E-state index in [0.717, 1.165) is 24.0 Å². The van der Waals surface area contributed by atoms with Gasteiger partial charge in [-0.05, 0) is 42.7 Å². The van der Waals surface area contributed by atoms with Crippen molar-refractivity contribution in [2.24, 2.45) is 11.8 Å². The number of hydrogen-bond acceptors (Lipinski definition) is 3. The molecule has 0 saturated carbocycles. The lowest BCUT2D eigenvalue weighted by molar-refractivity contribution is -0.145. The Kier molecular flexibility index (Phi) is 11.8. The third-order valence-corrected chi connectivity index (χ3v) is 5.01. The Morgan fingerprint density at radius 1 is 0.800 bits per heavy atom. The van der Waals surface area contributed by atoms with Gasteiger partial charge in [0.25, 0.3) is 0 Å². The SMILES string of the molecule is CC(C)CC(CC(C)C)NC(C)COC(=O)C(c1ccccc1)c1ccccc1.Cl. The summed E-state index contributed by atoms with van der Waals surface area (Å²) in [5, 5.41) is 3.68. The van der Waals surface area contributed by atoms with Crippen LogP contribution in [0.5, 0.6) is 0 Å². The van der Waals surface area contributed by atoms with E-state index in [1.165, 1.54) is 0 Å². The fourth-order valence-corrected chi connectivity index (χ4v) is 3.87. The first-order chi connectivity index (χ1) is 13.9. The first-order valence-corrected chi connectivity index (χ1v) is 10.9. The Hall–Kier alpha value is -1.84. The van der Waals surface area contributed by atoms with Crippen LogP contribution in [0.2, 0.25) is 0 Å². The van der Waals surface area contributed by atoms with Crippen LogP contribution in [-0.2, 0) is 9.53 Å². The van der Waals surface area contributed by atoms with Gasteiger partial charge in [0.05, 0.1) is 0 Å². The summed E-state index contributed by atoms with van der Waals surface area (Å²) < 4.78 is 5.78. The maximum atomic E-state index is 13.0. The van der Waals surface area contributed by atoms with Gasteiger partial charge >= 0.3 is 5.97 Å². The zero-order chi connectivity index (χ0) is 21.2. The summed E-state index contributed by atoms with van der Waals surface area (Å²) >= 11 is 0. The molecule has 4 heteroatoms. The highest BCUT2D eigenvalue weighted by Gasteiger charge is 2.25. The largest absolute Gasteiger partial charge is 0.463 e. The Morgan fingerprint density at radius 2 is 1.23 bits per heavy atom. The molecule has 166 valence electrons. The number of halogens is 1. The standard InChI is InChI=1S/C26H37NO2.ClH/c1-19(2)16-24(17-20(3)4)27-21(5)18-29-26(28)25(22-12-8-6-9-13-22)23-14-10-7-11-15-23;/h6-15,19-21,24-25,27H,16-18H2,1-5H3;1H. The minimum atomic E-state index is -0.397. The van der Waals surface area contributed by atoms with Crippen LogP contribution in [0, 0.1) is 11.8 Å². The van der Waals surface area contributed by atoms with Gasteiger partial charge in [0.2, 0.25) is 0 Å². The summed E-state index contributed by atoms with van der Waals surface area (Å²) in [5.74, 6) is 0.690. The molecule has 0 aliphatic carbocycles. The maximum absolute atomic E-state index is 13.0. The maximum Gasteiger partial charge on any atom is 0.317 e. The molecule has 30 heavy (non-hydrogen) atoms. The van der Waals surface area contributed by atoms with Crippen molar-refractivity contribution in [2.45, 2.75) is 65.5 Å². The lowest BCUT2D eigenvalue weighted by atomic mass is 9.91. The second-order valence-electron chi connectivity index (χ2n) is 8.91. The Bertz CT molecular complexity index is 669. The fraction of sp³-hybridized carbons (Fsp3) is 0.500. The molecule has 2 rings (SSSR count). The summed E-state index contributed by atoms with van der Waals surface area (Å²) in [5.41, 5.74) is 1.92. The zero-order valence-corrected chi connectivity index (χ0v) is 19.8. The van der Waals surface area contributed by atoms with E-state index in [9.17, 15) is 4.79 Å². The van der Waals surface area contributed by atoms with E-state index < -0.39 is 5.92 Å². The molecule has 0 aromatic heterocycles. The highest BCUT2D eigenvalue weighted by atomic mass is 35.5. The molecule has 3 nitrogen and oxygen atoms in total. The van der Waals surface area contributed by atoms with Crippen molar-refractivity contribution in [3.8, 4) is 0 Å². The van der Waals surface area contributed by atoms with Crippen LogP contribution in [-0.4, -0.2) is 24.7 Å². The molecule has 2 aromatic carbocycles. The number of ether oxygens (including phenoxy) is 1. The molecule has 1 atom stereocenters. The molecule has 0 spiro atoms. The number of nitrogens with one attached hydrogen (secondary N) is 1. The molecule has 2 aromatic rings. The third-order valence-electron chi connectivity index (χ3n) is 5.01. The molecule has 1 unspecified atom stereocenters. The molecule has 0 saturated heterocycles. The minimum Gasteiger partial charge on any atom is -0.463 e. The summed E-state index contributed by atoms with van der Waals surface area (Å²) in [6.45, 7) is 11.5. The number of hydrogen-bond donors (Lipinski definition) is 1. The second kappa shape index (κ2) is 13.5. The van der Waals surface area contributed by atoms with Gasteiger partial charge in [-0.2, -0.15) is 0 Å². The van der Waals surface area contributed by atoms with Crippen molar-refractivity contribution in [1.29, 1.82) is 0 Å². The van der Waals surface area contributed by atoms with E-state index in [4.69, 9.17) is 4.74 Å². The van der Waals surface area contributed by atoms with Crippen LogP contribution >= 0.6 is 12.4 Å².